The first-order chi connectivity index (χ1) is 11.1. The zero-order valence-corrected chi connectivity index (χ0v) is 10.5. The van der Waals surface area contributed by atoms with E-state index in [1.807, 2.05) is 27.4 Å². The second kappa shape index (κ2) is 3.25. The van der Waals surface area contributed by atoms with E-state index in [2.05, 4.69) is 9.97 Å². The lowest BCUT2D eigenvalue weighted by Gasteiger charge is -1.95. The lowest BCUT2D eigenvalue weighted by atomic mass is 10.2. The van der Waals surface area contributed by atoms with Crippen LogP contribution in [0.5, 0.6) is 0 Å². The summed E-state index contributed by atoms with van der Waals surface area (Å²) in [6.45, 7) is -1.63. The monoisotopic (exact) mass is 265 g/mol. The minimum absolute atomic E-state index is 0.650. The summed E-state index contributed by atoms with van der Waals surface area (Å²) < 4.78 is 29.5. The molecule has 0 saturated carbocycles. The van der Waals surface area contributed by atoms with Crippen molar-refractivity contribution in [3.8, 4) is 11.4 Å². The van der Waals surface area contributed by atoms with Crippen molar-refractivity contribution in [2.75, 3.05) is 0 Å². The normalized spacial score (nSPS) is 15.9. The third-order valence-electron chi connectivity index (χ3n) is 4.00. The van der Waals surface area contributed by atoms with Crippen LogP contribution in [-0.4, -0.2) is 18.9 Å². The summed E-state index contributed by atoms with van der Waals surface area (Å²) in [5.41, 5.74) is 4.32. The summed E-state index contributed by atoms with van der Waals surface area (Å²) in [6.07, 6.45) is 10.7. The minimum atomic E-state index is -2.28. The Morgan fingerprint density at radius 2 is 2.20 bits per heavy atom. The number of pyridine rings is 1. The summed E-state index contributed by atoms with van der Waals surface area (Å²) >= 11 is 0. The molecule has 0 unspecified atom stereocenters. The van der Waals surface area contributed by atoms with Crippen molar-refractivity contribution in [2.45, 2.75) is 6.54 Å². The van der Waals surface area contributed by atoms with Crippen LogP contribution in [0.15, 0.2) is 43.2 Å². The molecule has 5 nitrogen and oxygen atoms in total. The lowest BCUT2D eigenvalue weighted by Crippen LogP contribution is -2.29. The maximum absolute atomic E-state index is 8.03. The van der Waals surface area contributed by atoms with E-state index < -0.39 is 6.98 Å². The van der Waals surface area contributed by atoms with E-state index in [0.29, 0.717) is 17.9 Å². The number of aryl methyl sites for hydroxylation is 1. The van der Waals surface area contributed by atoms with Gasteiger partial charge in [-0.25, -0.2) is 9.13 Å². The fraction of sp³-hybridized carbons (Fsp3) is 0.133. The van der Waals surface area contributed by atoms with E-state index in [4.69, 9.17) is 4.11 Å². The van der Waals surface area contributed by atoms with Gasteiger partial charge in [0.05, 0.1) is 29.0 Å². The van der Waals surface area contributed by atoms with Crippen LogP contribution < -0.4 is 4.57 Å². The first kappa shape index (κ1) is 7.79. The van der Waals surface area contributed by atoms with E-state index in [1.54, 1.807) is 24.8 Å². The van der Waals surface area contributed by atoms with Gasteiger partial charge in [0, 0.05) is 30.4 Å². The number of aromatic nitrogens is 5. The maximum atomic E-state index is 8.03. The number of fused-ring (bicyclic) bond motifs is 7. The number of nitrogens with zero attached hydrogens (tertiary/aromatic N) is 5. The molecule has 0 bridgehead atoms. The van der Waals surface area contributed by atoms with Crippen molar-refractivity contribution in [2.24, 2.45) is 6.98 Å². The molecule has 0 amide bonds. The van der Waals surface area contributed by atoms with Crippen LogP contribution in [0.25, 0.3) is 27.9 Å². The zero-order valence-electron chi connectivity index (χ0n) is 13.5. The first-order valence-electron chi connectivity index (χ1n) is 7.88. The van der Waals surface area contributed by atoms with Crippen LogP contribution in [0.1, 0.15) is 9.68 Å². The van der Waals surface area contributed by atoms with Crippen LogP contribution in [0, 0.1) is 0 Å². The van der Waals surface area contributed by atoms with E-state index in [9.17, 15) is 0 Å². The predicted molar refractivity (Wildman–Crippen MR) is 74.2 cm³/mol. The SMILES string of the molecule is [2H]C([2H])([2H])[n+]1c2n(c3cn4ccncc4c31)Cc1ccncc1-2. The molecule has 20 heavy (non-hydrogen) atoms. The minimum Gasteiger partial charge on any atom is -0.313 e. The van der Waals surface area contributed by atoms with Crippen molar-refractivity contribution in [1.82, 2.24) is 18.9 Å². The molecule has 0 aromatic carbocycles. The first-order valence-corrected chi connectivity index (χ1v) is 6.38. The quantitative estimate of drug-likeness (QED) is 0.398. The fourth-order valence-corrected chi connectivity index (χ4v) is 3.12. The molecule has 96 valence electrons. The van der Waals surface area contributed by atoms with Gasteiger partial charge in [0.1, 0.15) is 12.1 Å². The number of hydrogen-bond acceptors (Lipinski definition) is 2. The van der Waals surface area contributed by atoms with Crippen molar-refractivity contribution < 1.29 is 8.68 Å². The Bertz CT molecular complexity index is 1090. The Balaban J connectivity index is 2.01. The van der Waals surface area contributed by atoms with Gasteiger partial charge >= 0.3 is 0 Å². The van der Waals surface area contributed by atoms with E-state index in [-0.39, 0.29) is 0 Å². The highest BCUT2D eigenvalue weighted by Crippen LogP contribution is 2.33. The second-order valence-electron chi connectivity index (χ2n) is 5.01. The van der Waals surface area contributed by atoms with E-state index in [1.165, 1.54) is 4.57 Å². The predicted octanol–water partition coefficient (Wildman–Crippen LogP) is 1.54. The van der Waals surface area contributed by atoms with Crippen LogP contribution >= 0.6 is 0 Å². The zero-order chi connectivity index (χ0) is 15.8. The van der Waals surface area contributed by atoms with Gasteiger partial charge in [-0.3, -0.25) is 9.97 Å². The molecule has 5 rings (SSSR count). The van der Waals surface area contributed by atoms with E-state index in [0.717, 1.165) is 22.2 Å². The fourth-order valence-electron chi connectivity index (χ4n) is 3.12. The summed E-state index contributed by atoms with van der Waals surface area (Å²) in [7, 11) is 0. The third kappa shape index (κ3) is 1.02. The topological polar surface area (TPSA) is 39.0 Å². The molecule has 1 aliphatic rings. The molecule has 0 N–H and O–H groups in total. The Labute approximate surface area is 119 Å². The maximum Gasteiger partial charge on any atom is 0.292 e. The van der Waals surface area contributed by atoms with Crippen LogP contribution in [0.3, 0.4) is 0 Å². The van der Waals surface area contributed by atoms with Gasteiger partial charge in [-0.2, -0.15) is 0 Å². The highest BCUT2D eigenvalue weighted by atomic mass is 15.2. The van der Waals surface area contributed by atoms with E-state index >= 15 is 0 Å². The summed E-state index contributed by atoms with van der Waals surface area (Å²) in [6, 6.07) is 1.94. The number of hydrogen-bond donors (Lipinski definition) is 0. The second-order valence-corrected chi connectivity index (χ2v) is 5.01. The van der Waals surface area contributed by atoms with Gasteiger partial charge in [0.15, 0.2) is 5.52 Å². The Morgan fingerprint density at radius 1 is 1.25 bits per heavy atom. The molecule has 0 radical (unpaired) electrons. The average Bonchev–Trinajstić information content (AvgIpc) is 3.13. The van der Waals surface area contributed by atoms with Crippen LogP contribution in [-0.2, 0) is 13.5 Å². The molecule has 5 heterocycles. The van der Waals surface area contributed by atoms with Gasteiger partial charge in [0.2, 0.25) is 5.52 Å². The molecule has 0 atom stereocenters. The summed E-state index contributed by atoms with van der Waals surface area (Å²) in [5, 5.41) is 0. The van der Waals surface area contributed by atoms with Crippen LogP contribution in [0.2, 0.25) is 0 Å². The number of imidazole rings is 1. The standard InChI is InChI=1S/C15H12N5/c1-18-14-12-7-17-4-5-19(12)9-13(14)20-8-10-2-3-16-6-11(10)15(18)20/h2-7,9H,8H2,1H3/q+1/i1D3. The highest BCUT2D eigenvalue weighted by molar-refractivity contribution is 5.91. The number of rotatable bonds is 0. The van der Waals surface area contributed by atoms with Crippen molar-refractivity contribution >= 4 is 16.6 Å². The smallest absolute Gasteiger partial charge is 0.292 e. The van der Waals surface area contributed by atoms with Gasteiger partial charge in [-0.15, -0.1) is 0 Å². The summed E-state index contributed by atoms with van der Waals surface area (Å²) in [5.74, 6) is 0.685. The van der Waals surface area contributed by atoms with Crippen molar-refractivity contribution in [1.29, 1.82) is 0 Å². The Hall–Kier alpha value is -2.69. The molecule has 1 aliphatic heterocycles. The molecule has 0 saturated heterocycles. The molecule has 5 heteroatoms. The molecule has 0 spiro atoms. The lowest BCUT2D eigenvalue weighted by molar-refractivity contribution is -0.633. The molecular weight excluding hydrogens is 250 g/mol. The molecular formula is C15H12N5+. The van der Waals surface area contributed by atoms with Crippen LogP contribution in [0.4, 0.5) is 0 Å². The van der Waals surface area contributed by atoms with Gasteiger partial charge < -0.3 is 4.40 Å². The van der Waals surface area contributed by atoms with Crippen molar-refractivity contribution in [3.63, 3.8) is 0 Å². The molecule has 4 aromatic heterocycles. The molecule has 0 aliphatic carbocycles. The average molecular weight is 265 g/mol. The van der Waals surface area contributed by atoms with Gasteiger partial charge in [-0.1, -0.05) is 0 Å². The molecule has 0 fully saturated rings. The summed E-state index contributed by atoms with van der Waals surface area (Å²) in [4.78, 5) is 8.31. The molecule has 4 aromatic rings. The van der Waals surface area contributed by atoms with Gasteiger partial charge in [0.25, 0.3) is 5.82 Å². The van der Waals surface area contributed by atoms with Crippen molar-refractivity contribution in [3.05, 3.63) is 48.8 Å². The Morgan fingerprint density at radius 3 is 3.15 bits per heavy atom. The third-order valence-corrected chi connectivity index (χ3v) is 4.00. The Kier molecular flexibility index (Phi) is 1.27. The largest absolute Gasteiger partial charge is 0.313 e. The van der Waals surface area contributed by atoms with Gasteiger partial charge in [-0.05, 0) is 6.07 Å². The highest BCUT2D eigenvalue weighted by Gasteiger charge is 2.34.